The Hall–Kier alpha value is -3.54. The highest BCUT2D eigenvalue weighted by atomic mass is 32.2. The molecule has 3 rings (SSSR count). The van der Waals surface area contributed by atoms with Gasteiger partial charge in [0.25, 0.3) is 11.2 Å². The zero-order chi connectivity index (χ0) is 22.7. The molecule has 0 aliphatic rings. The highest BCUT2D eigenvalue weighted by Gasteiger charge is 2.18. The van der Waals surface area contributed by atoms with Crippen molar-refractivity contribution in [2.75, 3.05) is 11.1 Å². The van der Waals surface area contributed by atoms with Crippen molar-refractivity contribution in [2.24, 2.45) is 14.1 Å². The number of benzene rings is 1. The van der Waals surface area contributed by atoms with Crippen LogP contribution in [-0.4, -0.2) is 35.7 Å². The van der Waals surface area contributed by atoms with Gasteiger partial charge in [-0.05, 0) is 18.6 Å². The summed E-state index contributed by atoms with van der Waals surface area (Å²) in [6, 6.07) is 5.46. The number of nitrogens with one attached hydrogen (secondary N) is 1. The number of fused-ring (bicyclic) bond motifs is 1. The summed E-state index contributed by atoms with van der Waals surface area (Å²) < 4.78 is 2.27. The van der Waals surface area contributed by atoms with E-state index in [-0.39, 0.29) is 28.4 Å². The SMILES string of the molecule is CCCc1nc(SCC(=O)Nc2ccc([N+](=O)[O-])cc2)c2c(=O)n(C)c(=O)n(C)c2n1. The number of aromatic nitrogens is 4. The van der Waals surface area contributed by atoms with Crippen LogP contribution in [0.4, 0.5) is 11.4 Å². The number of anilines is 1. The molecule has 1 amide bonds. The van der Waals surface area contributed by atoms with E-state index >= 15 is 0 Å². The van der Waals surface area contributed by atoms with Crippen molar-refractivity contribution in [3.05, 3.63) is 61.0 Å². The lowest BCUT2D eigenvalue weighted by Gasteiger charge is -2.11. The Morgan fingerprint density at radius 2 is 1.84 bits per heavy atom. The molecule has 1 aromatic carbocycles. The largest absolute Gasteiger partial charge is 0.332 e. The predicted octanol–water partition coefficient (Wildman–Crippen LogP) is 1.62. The van der Waals surface area contributed by atoms with Crippen LogP contribution in [0.3, 0.4) is 0 Å². The molecule has 0 fully saturated rings. The van der Waals surface area contributed by atoms with E-state index in [1.54, 1.807) is 0 Å². The third-order valence-electron chi connectivity index (χ3n) is 4.49. The van der Waals surface area contributed by atoms with Gasteiger partial charge in [0.1, 0.15) is 16.2 Å². The first-order valence-corrected chi connectivity index (χ1v) is 10.3. The van der Waals surface area contributed by atoms with Gasteiger partial charge in [0.2, 0.25) is 5.91 Å². The molecule has 0 aliphatic carbocycles. The first-order valence-electron chi connectivity index (χ1n) is 9.36. The average Bonchev–Trinajstić information content (AvgIpc) is 2.75. The molecular weight excluding hydrogens is 424 g/mol. The quantitative estimate of drug-likeness (QED) is 0.251. The molecule has 0 radical (unpaired) electrons. The van der Waals surface area contributed by atoms with Gasteiger partial charge in [-0.15, -0.1) is 0 Å². The Bertz CT molecular complexity index is 1280. The molecule has 0 saturated heterocycles. The van der Waals surface area contributed by atoms with E-state index in [4.69, 9.17) is 0 Å². The molecule has 2 aromatic heterocycles. The van der Waals surface area contributed by atoms with Crippen molar-refractivity contribution in [2.45, 2.75) is 24.8 Å². The third-order valence-corrected chi connectivity index (χ3v) is 5.46. The molecule has 3 aromatic rings. The fourth-order valence-electron chi connectivity index (χ4n) is 2.91. The summed E-state index contributed by atoms with van der Waals surface area (Å²) in [7, 11) is 2.91. The number of amides is 1. The van der Waals surface area contributed by atoms with Crippen LogP contribution in [0.15, 0.2) is 38.9 Å². The number of thioether (sulfide) groups is 1. The average molecular weight is 444 g/mol. The molecule has 31 heavy (non-hydrogen) atoms. The molecule has 11 nitrogen and oxygen atoms in total. The number of aryl methyl sites for hydroxylation is 2. The van der Waals surface area contributed by atoms with E-state index in [9.17, 15) is 24.5 Å². The first kappa shape index (κ1) is 22.2. The zero-order valence-corrected chi connectivity index (χ0v) is 17.9. The fourth-order valence-corrected chi connectivity index (χ4v) is 3.74. The Morgan fingerprint density at radius 1 is 1.16 bits per heavy atom. The van der Waals surface area contributed by atoms with Crippen LogP contribution in [0, 0.1) is 10.1 Å². The van der Waals surface area contributed by atoms with Crippen LogP contribution in [0.2, 0.25) is 0 Å². The number of rotatable bonds is 7. The maximum Gasteiger partial charge on any atom is 0.332 e. The van der Waals surface area contributed by atoms with Crippen molar-refractivity contribution >= 4 is 40.1 Å². The minimum Gasteiger partial charge on any atom is -0.325 e. The summed E-state index contributed by atoms with van der Waals surface area (Å²) in [6.07, 6.45) is 1.33. The van der Waals surface area contributed by atoms with Crippen LogP contribution in [-0.2, 0) is 25.3 Å². The fraction of sp³-hybridized carbons (Fsp3) is 0.316. The lowest BCUT2D eigenvalue weighted by Crippen LogP contribution is -2.38. The smallest absolute Gasteiger partial charge is 0.325 e. The number of hydrogen-bond acceptors (Lipinski definition) is 8. The predicted molar refractivity (Wildman–Crippen MR) is 116 cm³/mol. The summed E-state index contributed by atoms with van der Waals surface area (Å²) in [5, 5.41) is 13.9. The molecule has 162 valence electrons. The van der Waals surface area contributed by atoms with E-state index in [2.05, 4.69) is 15.3 Å². The zero-order valence-electron chi connectivity index (χ0n) is 17.1. The van der Waals surface area contributed by atoms with E-state index in [0.29, 0.717) is 23.0 Å². The van der Waals surface area contributed by atoms with Crippen LogP contribution in [0.5, 0.6) is 0 Å². The van der Waals surface area contributed by atoms with Crippen LogP contribution >= 0.6 is 11.8 Å². The summed E-state index contributed by atoms with van der Waals surface area (Å²) in [4.78, 5) is 56.4. The summed E-state index contributed by atoms with van der Waals surface area (Å²) in [5.74, 6) is 0.0570. The molecule has 1 N–H and O–H groups in total. The number of carbonyl (C=O) groups excluding carboxylic acids is 1. The Balaban J connectivity index is 1.89. The second kappa shape index (κ2) is 9.08. The number of hydrogen-bond donors (Lipinski definition) is 1. The van der Waals surface area contributed by atoms with E-state index in [1.807, 2.05) is 6.92 Å². The molecule has 0 atom stereocenters. The normalized spacial score (nSPS) is 10.9. The molecule has 2 heterocycles. The molecular formula is C19H20N6O5S. The lowest BCUT2D eigenvalue weighted by atomic mass is 10.3. The Kier molecular flexibility index (Phi) is 6.49. The molecule has 0 spiro atoms. The maximum atomic E-state index is 12.7. The van der Waals surface area contributed by atoms with Gasteiger partial charge in [-0.1, -0.05) is 18.7 Å². The van der Waals surface area contributed by atoms with Crippen molar-refractivity contribution < 1.29 is 9.72 Å². The number of nitro benzene ring substituents is 1. The van der Waals surface area contributed by atoms with E-state index < -0.39 is 16.2 Å². The molecule has 0 saturated carbocycles. The number of nitrogens with zero attached hydrogens (tertiary/aromatic N) is 5. The van der Waals surface area contributed by atoms with Crippen molar-refractivity contribution in [1.82, 2.24) is 19.1 Å². The van der Waals surface area contributed by atoms with E-state index in [1.165, 1.54) is 42.9 Å². The van der Waals surface area contributed by atoms with Crippen molar-refractivity contribution in [3.8, 4) is 0 Å². The molecule has 0 unspecified atom stereocenters. The van der Waals surface area contributed by atoms with Crippen LogP contribution < -0.4 is 16.6 Å². The van der Waals surface area contributed by atoms with Gasteiger partial charge in [-0.25, -0.2) is 14.8 Å². The first-order chi connectivity index (χ1) is 14.7. The minimum absolute atomic E-state index is 0.0549. The van der Waals surface area contributed by atoms with Gasteiger partial charge in [0, 0.05) is 38.3 Å². The molecule has 0 aliphatic heterocycles. The van der Waals surface area contributed by atoms with E-state index in [0.717, 1.165) is 22.7 Å². The topological polar surface area (TPSA) is 142 Å². The summed E-state index contributed by atoms with van der Waals surface area (Å²) >= 11 is 1.06. The second-order valence-corrected chi connectivity index (χ2v) is 7.70. The maximum absolute atomic E-state index is 12.7. The second-order valence-electron chi connectivity index (χ2n) is 6.74. The van der Waals surface area contributed by atoms with Gasteiger partial charge in [0.05, 0.1) is 10.7 Å². The third kappa shape index (κ3) is 4.63. The van der Waals surface area contributed by atoms with Crippen LogP contribution in [0.25, 0.3) is 11.0 Å². The lowest BCUT2D eigenvalue weighted by molar-refractivity contribution is -0.384. The Morgan fingerprint density at radius 3 is 2.45 bits per heavy atom. The van der Waals surface area contributed by atoms with Gasteiger partial charge in [-0.3, -0.25) is 28.8 Å². The summed E-state index contributed by atoms with van der Waals surface area (Å²) in [5.41, 5.74) is -0.465. The summed E-state index contributed by atoms with van der Waals surface area (Å²) in [6.45, 7) is 1.96. The Labute approximate surface area is 180 Å². The highest BCUT2D eigenvalue weighted by molar-refractivity contribution is 8.00. The van der Waals surface area contributed by atoms with Gasteiger partial charge < -0.3 is 5.32 Å². The molecule has 0 bridgehead atoms. The van der Waals surface area contributed by atoms with Crippen molar-refractivity contribution in [1.29, 1.82) is 0 Å². The standard InChI is InChI=1S/C19H20N6O5S/c1-4-5-13-21-16-15(18(27)24(3)19(28)23(16)2)17(22-13)31-10-14(26)20-11-6-8-12(9-7-11)25(29)30/h6-9H,4-5,10H2,1-3H3,(H,20,26). The van der Waals surface area contributed by atoms with Gasteiger partial charge in [0.15, 0.2) is 5.65 Å². The molecule has 12 heteroatoms. The monoisotopic (exact) mass is 444 g/mol. The number of non-ortho nitro benzene ring substituents is 1. The van der Waals surface area contributed by atoms with Gasteiger partial charge in [-0.2, -0.15) is 0 Å². The highest BCUT2D eigenvalue weighted by Crippen LogP contribution is 2.23. The van der Waals surface area contributed by atoms with Gasteiger partial charge >= 0.3 is 5.69 Å². The number of carbonyl (C=O) groups is 1. The minimum atomic E-state index is -0.528. The van der Waals surface area contributed by atoms with Crippen molar-refractivity contribution in [3.63, 3.8) is 0 Å². The number of nitro groups is 1. The van der Waals surface area contributed by atoms with Crippen LogP contribution in [0.1, 0.15) is 19.2 Å².